The maximum atomic E-state index is 4.74. The van der Waals surface area contributed by atoms with Gasteiger partial charge < -0.3 is 10.2 Å². The van der Waals surface area contributed by atoms with E-state index >= 15 is 0 Å². The van der Waals surface area contributed by atoms with Crippen LogP contribution >= 0.6 is 11.3 Å². The minimum atomic E-state index is 0.308. The Labute approximate surface area is 130 Å². The van der Waals surface area contributed by atoms with Crippen LogP contribution in [0.25, 0.3) is 10.2 Å². The Morgan fingerprint density at radius 1 is 1.33 bits per heavy atom. The summed E-state index contributed by atoms with van der Waals surface area (Å²) in [5, 5.41) is 4.84. The second kappa shape index (κ2) is 6.40. The highest BCUT2D eigenvalue weighted by atomic mass is 32.1. The number of piperazine rings is 1. The Hall–Kier alpha value is -1.01. The first-order chi connectivity index (χ1) is 10.1. The number of nitrogens with zero attached hydrogens (tertiary/aromatic N) is 3. The Kier molecular flexibility index (Phi) is 4.54. The molecule has 1 aromatic heterocycles. The predicted octanol–water partition coefficient (Wildman–Crippen LogP) is 2.19. The van der Waals surface area contributed by atoms with Gasteiger partial charge in [0.25, 0.3) is 0 Å². The Morgan fingerprint density at radius 2 is 2.14 bits per heavy atom. The van der Waals surface area contributed by atoms with Crippen LogP contribution in [0.1, 0.15) is 18.0 Å². The SMILES string of the molecule is CC(NCC1CN(C)CCN1C)c1nc2ccccc2s1. The average Bonchev–Trinajstić information content (AvgIpc) is 2.92. The van der Waals surface area contributed by atoms with E-state index in [4.69, 9.17) is 4.98 Å². The Balaban J connectivity index is 1.61. The van der Waals surface area contributed by atoms with Gasteiger partial charge in [0.05, 0.1) is 16.3 Å². The third-order valence-corrected chi connectivity index (χ3v) is 5.54. The van der Waals surface area contributed by atoms with Crippen molar-refractivity contribution in [1.29, 1.82) is 0 Å². The molecule has 0 aliphatic carbocycles. The molecule has 2 atom stereocenters. The van der Waals surface area contributed by atoms with Gasteiger partial charge in [0.2, 0.25) is 0 Å². The van der Waals surface area contributed by atoms with Gasteiger partial charge >= 0.3 is 0 Å². The molecule has 4 nitrogen and oxygen atoms in total. The van der Waals surface area contributed by atoms with Crippen LogP contribution in [0.15, 0.2) is 24.3 Å². The van der Waals surface area contributed by atoms with E-state index in [2.05, 4.69) is 60.4 Å². The molecule has 2 aromatic rings. The number of rotatable bonds is 4. The molecule has 1 saturated heterocycles. The van der Waals surface area contributed by atoms with Crippen molar-refractivity contribution in [3.63, 3.8) is 0 Å². The van der Waals surface area contributed by atoms with Crippen molar-refractivity contribution in [1.82, 2.24) is 20.1 Å². The lowest BCUT2D eigenvalue weighted by molar-refractivity contribution is 0.112. The number of likely N-dealkylation sites (N-methyl/N-ethyl adjacent to an activating group) is 2. The molecule has 0 spiro atoms. The molecule has 2 unspecified atom stereocenters. The largest absolute Gasteiger partial charge is 0.307 e. The third kappa shape index (κ3) is 3.43. The number of benzene rings is 1. The second-order valence-corrected chi connectivity index (χ2v) is 7.11. The first-order valence-corrected chi connectivity index (χ1v) is 8.43. The van der Waals surface area contributed by atoms with Gasteiger partial charge in [-0.2, -0.15) is 0 Å². The smallest absolute Gasteiger partial charge is 0.111 e. The van der Waals surface area contributed by atoms with Crippen LogP contribution in [0.2, 0.25) is 0 Å². The third-order valence-electron chi connectivity index (χ3n) is 4.32. The van der Waals surface area contributed by atoms with Crippen molar-refractivity contribution in [3.8, 4) is 0 Å². The standard InChI is InChI=1S/C16H24N4S/c1-12(16-18-14-6-4-5-7-15(14)21-16)17-10-13-11-19(2)8-9-20(13)3/h4-7,12-13,17H,8-11H2,1-3H3. The number of fused-ring (bicyclic) bond motifs is 1. The lowest BCUT2D eigenvalue weighted by Crippen LogP contribution is -2.53. The predicted molar refractivity (Wildman–Crippen MR) is 90.0 cm³/mol. The molecule has 3 rings (SSSR count). The van der Waals surface area contributed by atoms with Crippen LogP contribution in [0, 0.1) is 0 Å². The van der Waals surface area contributed by atoms with Crippen molar-refractivity contribution in [2.75, 3.05) is 40.3 Å². The molecule has 1 N–H and O–H groups in total. The van der Waals surface area contributed by atoms with E-state index in [1.165, 1.54) is 16.3 Å². The van der Waals surface area contributed by atoms with Crippen molar-refractivity contribution >= 4 is 21.6 Å². The lowest BCUT2D eigenvalue weighted by Gasteiger charge is -2.38. The maximum absolute atomic E-state index is 4.74. The van der Waals surface area contributed by atoms with Crippen LogP contribution in [0.5, 0.6) is 0 Å². The molecule has 0 amide bonds. The fourth-order valence-electron chi connectivity index (χ4n) is 2.80. The van der Waals surface area contributed by atoms with E-state index in [0.717, 1.165) is 25.2 Å². The molecular weight excluding hydrogens is 280 g/mol. The summed E-state index contributed by atoms with van der Waals surface area (Å²) in [4.78, 5) is 9.61. The molecule has 0 bridgehead atoms. The van der Waals surface area contributed by atoms with E-state index < -0.39 is 0 Å². The van der Waals surface area contributed by atoms with Crippen LogP contribution < -0.4 is 5.32 Å². The number of aromatic nitrogens is 1. The molecule has 2 heterocycles. The minimum absolute atomic E-state index is 0.308. The summed E-state index contributed by atoms with van der Waals surface area (Å²) in [5.74, 6) is 0. The number of nitrogens with one attached hydrogen (secondary N) is 1. The van der Waals surface area contributed by atoms with Gasteiger partial charge in [0.1, 0.15) is 5.01 Å². The van der Waals surface area contributed by atoms with Crippen LogP contribution in [0.3, 0.4) is 0 Å². The van der Waals surface area contributed by atoms with Crippen molar-refractivity contribution < 1.29 is 0 Å². The van der Waals surface area contributed by atoms with Crippen LogP contribution in [0.4, 0.5) is 0 Å². The van der Waals surface area contributed by atoms with Crippen molar-refractivity contribution in [3.05, 3.63) is 29.3 Å². The van der Waals surface area contributed by atoms with Crippen molar-refractivity contribution in [2.45, 2.75) is 19.0 Å². The number of para-hydroxylation sites is 1. The Morgan fingerprint density at radius 3 is 2.95 bits per heavy atom. The highest BCUT2D eigenvalue weighted by Crippen LogP contribution is 2.26. The van der Waals surface area contributed by atoms with Gasteiger partial charge in [0, 0.05) is 32.2 Å². The molecule has 114 valence electrons. The highest BCUT2D eigenvalue weighted by molar-refractivity contribution is 7.18. The average molecular weight is 304 g/mol. The molecule has 0 saturated carbocycles. The highest BCUT2D eigenvalue weighted by Gasteiger charge is 2.22. The summed E-state index contributed by atoms with van der Waals surface area (Å²) in [6.07, 6.45) is 0. The summed E-state index contributed by atoms with van der Waals surface area (Å²) in [5.41, 5.74) is 1.11. The summed E-state index contributed by atoms with van der Waals surface area (Å²) in [6.45, 7) is 6.68. The zero-order valence-electron chi connectivity index (χ0n) is 13.0. The van der Waals surface area contributed by atoms with E-state index in [-0.39, 0.29) is 0 Å². The molecule has 21 heavy (non-hydrogen) atoms. The lowest BCUT2D eigenvalue weighted by atomic mass is 10.2. The number of hydrogen-bond donors (Lipinski definition) is 1. The Bertz CT molecular complexity index is 564. The van der Waals surface area contributed by atoms with Gasteiger partial charge in [-0.25, -0.2) is 4.98 Å². The topological polar surface area (TPSA) is 31.4 Å². The molecule has 1 aromatic carbocycles. The first-order valence-electron chi connectivity index (χ1n) is 7.61. The summed E-state index contributed by atoms with van der Waals surface area (Å²) in [7, 11) is 4.43. The van der Waals surface area contributed by atoms with Gasteiger partial charge in [-0.15, -0.1) is 11.3 Å². The fraction of sp³-hybridized carbons (Fsp3) is 0.562. The fourth-order valence-corrected chi connectivity index (χ4v) is 3.79. The second-order valence-electron chi connectivity index (χ2n) is 6.05. The van der Waals surface area contributed by atoms with Crippen LogP contribution in [-0.4, -0.2) is 61.1 Å². The number of thiazole rings is 1. The van der Waals surface area contributed by atoms with Gasteiger partial charge in [-0.05, 0) is 33.2 Å². The number of hydrogen-bond acceptors (Lipinski definition) is 5. The van der Waals surface area contributed by atoms with Gasteiger partial charge in [-0.3, -0.25) is 4.90 Å². The minimum Gasteiger partial charge on any atom is -0.307 e. The zero-order valence-corrected chi connectivity index (χ0v) is 13.9. The molecular formula is C16H24N4S. The normalized spacial score (nSPS) is 22.7. The maximum Gasteiger partial charge on any atom is 0.111 e. The summed E-state index contributed by atoms with van der Waals surface area (Å²) < 4.78 is 1.27. The molecule has 1 aliphatic heterocycles. The zero-order chi connectivity index (χ0) is 14.8. The van der Waals surface area contributed by atoms with Gasteiger partial charge in [-0.1, -0.05) is 12.1 Å². The molecule has 0 radical (unpaired) electrons. The van der Waals surface area contributed by atoms with Gasteiger partial charge in [0.15, 0.2) is 0 Å². The molecule has 1 aliphatic rings. The van der Waals surface area contributed by atoms with E-state index in [1.807, 2.05) is 0 Å². The van der Waals surface area contributed by atoms with E-state index in [0.29, 0.717) is 12.1 Å². The van der Waals surface area contributed by atoms with Crippen molar-refractivity contribution in [2.24, 2.45) is 0 Å². The summed E-state index contributed by atoms with van der Waals surface area (Å²) in [6, 6.07) is 9.26. The molecule has 1 fully saturated rings. The summed E-state index contributed by atoms with van der Waals surface area (Å²) >= 11 is 1.80. The quantitative estimate of drug-likeness (QED) is 0.938. The van der Waals surface area contributed by atoms with E-state index in [9.17, 15) is 0 Å². The first kappa shape index (κ1) is 14.9. The van der Waals surface area contributed by atoms with Crippen LogP contribution in [-0.2, 0) is 0 Å². The monoisotopic (exact) mass is 304 g/mol. The molecule has 5 heteroatoms. The van der Waals surface area contributed by atoms with E-state index in [1.54, 1.807) is 11.3 Å².